The zero-order valence-electron chi connectivity index (χ0n) is 10.9. The first-order chi connectivity index (χ1) is 10.1. The second-order valence-electron chi connectivity index (χ2n) is 4.61. The summed E-state index contributed by atoms with van der Waals surface area (Å²) in [4.78, 5) is 23.9. The molecular weight excluding hydrogens is 336 g/mol. The van der Waals surface area contributed by atoms with Crippen molar-refractivity contribution in [2.24, 2.45) is 0 Å². The van der Waals surface area contributed by atoms with Gasteiger partial charge in [-0.05, 0) is 17.7 Å². The second kappa shape index (κ2) is 5.69. The lowest BCUT2D eigenvalue weighted by atomic mass is 9.97. The molecule has 106 valence electrons. The number of ether oxygens (including phenoxy) is 2. The molecule has 1 aliphatic rings. The van der Waals surface area contributed by atoms with Gasteiger partial charge in [0, 0.05) is 10.0 Å². The van der Waals surface area contributed by atoms with Crippen molar-refractivity contribution in [1.82, 2.24) is 0 Å². The van der Waals surface area contributed by atoms with E-state index < -0.39 is 18.4 Å². The van der Waals surface area contributed by atoms with Crippen LogP contribution in [0.5, 0.6) is 0 Å². The van der Waals surface area contributed by atoms with Gasteiger partial charge >= 0.3 is 6.16 Å². The number of hydrogen-bond donors (Lipinski definition) is 0. The molecule has 0 amide bonds. The van der Waals surface area contributed by atoms with Crippen LogP contribution in [0.2, 0.25) is 0 Å². The van der Waals surface area contributed by atoms with Crippen LogP contribution in [0.25, 0.3) is 0 Å². The lowest BCUT2D eigenvalue weighted by molar-refractivity contribution is 0.0716. The van der Waals surface area contributed by atoms with Crippen molar-refractivity contribution in [2.75, 3.05) is 0 Å². The summed E-state index contributed by atoms with van der Waals surface area (Å²) in [5.41, 5.74) is 1.20. The summed E-state index contributed by atoms with van der Waals surface area (Å²) in [5.74, 6) is -0.272. The van der Waals surface area contributed by atoms with Crippen molar-refractivity contribution in [1.29, 1.82) is 0 Å². The third-order valence-corrected chi connectivity index (χ3v) is 3.71. The molecule has 0 radical (unpaired) electrons. The van der Waals surface area contributed by atoms with Gasteiger partial charge in [0.05, 0.1) is 0 Å². The van der Waals surface area contributed by atoms with Crippen LogP contribution in [0, 0.1) is 0 Å². The monoisotopic (exact) mass is 346 g/mol. The summed E-state index contributed by atoms with van der Waals surface area (Å²) < 4.78 is 11.1. The van der Waals surface area contributed by atoms with Crippen molar-refractivity contribution in [3.63, 3.8) is 0 Å². The highest BCUT2D eigenvalue weighted by molar-refractivity contribution is 9.10. The largest absolute Gasteiger partial charge is 0.509 e. The Kier molecular flexibility index (Phi) is 3.75. The van der Waals surface area contributed by atoms with E-state index in [9.17, 15) is 9.59 Å². The molecule has 0 N–H and O–H groups in total. The van der Waals surface area contributed by atoms with E-state index in [0.717, 1.165) is 4.47 Å². The summed E-state index contributed by atoms with van der Waals surface area (Å²) in [5, 5.41) is 0. The number of carbonyl (C=O) groups excluding carboxylic acids is 2. The SMILES string of the molecule is O=C1OC(C(=O)c2ccccc2)C(c2cccc(Br)c2)O1. The van der Waals surface area contributed by atoms with E-state index >= 15 is 0 Å². The second-order valence-corrected chi connectivity index (χ2v) is 5.53. The number of hydrogen-bond acceptors (Lipinski definition) is 4. The summed E-state index contributed by atoms with van der Waals surface area (Å²) in [6.45, 7) is 0. The minimum absolute atomic E-state index is 0.272. The molecule has 2 aromatic rings. The van der Waals surface area contributed by atoms with Crippen LogP contribution in [0.15, 0.2) is 59.1 Å². The van der Waals surface area contributed by atoms with E-state index in [2.05, 4.69) is 15.9 Å². The first-order valence-corrected chi connectivity index (χ1v) is 7.16. The molecule has 2 unspecified atom stereocenters. The fourth-order valence-electron chi connectivity index (χ4n) is 2.24. The summed E-state index contributed by atoms with van der Waals surface area (Å²) in [7, 11) is 0. The van der Waals surface area contributed by atoms with E-state index in [0.29, 0.717) is 11.1 Å². The number of carbonyl (C=O) groups is 2. The fourth-order valence-corrected chi connectivity index (χ4v) is 2.66. The van der Waals surface area contributed by atoms with Crippen LogP contribution in [-0.4, -0.2) is 18.0 Å². The molecular formula is C16H11BrO4. The molecule has 1 fully saturated rings. The van der Waals surface area contributed by atoms with Gasteiger partial charge in [0.2, 0.25) is 11.9 Å². The van der Waals surface area contributed by atoms with Gasteiger partial charge < -0.3 is 9.47 Å². The fraction of sp³-hybridized carbons (Fsp3) is 0.125. The number of rotatable bonds is 3. The molecule has 2 atom stereocenters. The van der Waals surface area contributed by atoms with Gasteiger partial charge in [-0.3, -0.25) is 4.79 Å². The van der Waals surface area contributed by atoms with Gasteiger partial charge in [0.25, 0.3) is 0 Å². The van der Waals surface area contributed by atoms with E-state index in [1.807, 2.05) is 18.2 Å². The number of cyclic esters (lactones) is 2. The Morgan fingerprint density at radius 2 is 1.76 bits per heavy atom. The van der Waals surface area contributed by atoms with Gasteiger partial charge in [-0.1, -0.05) is 58.4 Å². The van der Waals surface area contributed by atoms with Crippen molar-refractivity contribution >= 4 is 27.9 Å². The summed E-state index contributed by atoms with van der Waals surface area (Å²) in [6.07, 6.45) is -2.52. The van der Waals surface area contributed by atoms with Crippen molar-refractivity contribution in [2.45, 2.75) is 12.2 Å². The highest BCUT2D eigenvalue weighted by atomic mass is 79.9. The molecule has 0 spiro atoms. The number of ketones is 1. The lowest BCUT2D eigenvalue weighted by Gasteiger charge is -2.15. The van der Waals surface area contributed by atoms with E-state index in [-0.39, 0.29) is 5.78 Å². The van der Waals surface area contributed by atoms with Gasteiger partial charge in [-0.2, -0.15) is 0 Å². The van der Waals surface area contributed by atoms with E-state index in [1.54, 1.807) is 36.4 Å². The molecule has 0 aromatic heterocycles. The van der Waals surface area contributed by atoms with Gasteiger partial charge in [-0.15, -0.1) is 0 Å². The van der Waals surface area contributed by atoms with Crippen LogP contribution >= 0.6 is 15.9 Å². The van der Waals surface area contributed by atoms with Crippen LogP contribution < -0.4 is 0 Å². The Morgan fingerprint density at radius 3 is 2.48 bits per heavy atom. The van der Waals surface area contributed by atoms with Crippen molar-refractivity contribution in [3.05, 3.63) is 70.2 Å². The van der Waals surface area contributed by atoms with Crippen LogP contribution in [0.3, 0.4) is 0 Å². The van der Waals surface area contributed by atoms with Gasteiger partial charge in [-0.25, -0.2) is 4.79 Å². The number of Topliss-reactive ketones (excluding diaryl/α,β-unsaturated/α-hetero) is 1. The molecule has 0 saturated carbocycles. The molecule has 3 rings (SSSR count). The molecule has 2 aromatic carbocycles. The van der Waals surface area contributed by atoms with Crippen LogP contribution in [0.4, 0.5) is 4.79 Å². The molecule has 1 aliphatic heterocycles. The predicted octanol–water partition coefficient (Wildman–Crippen LogP) is 3.91. The minimum Gasteiger partial charge on any atom is -0.422 e. The molecule has 4 nitrogen and oxygen atoms in total. The Hall–Kier alpha value is -2.14. The average Bonchev–Trinajstić information content (AvgIpc) is 2.89. The molecule has 0 bridgehead atoms. The number of benzene rings is 2. The smallest absolute Gasteiger partial charge is 0.422 e. The standard InChI is InChI=1S/C16H11BrO4/c17-12-8-4-7-11(9-12)14-15(21-16(19)20-14)13(18)10-5-2-1-3-6-10/h1-9,14-15H. The molecule has 0 aliphatic carbocycles. The molecule has 21 heavy (non-hydrogen) atoms. The predicted molar refractivity (Wildman–Crippen MR) is 79.0 cm³/mol. The van der Waals surface area contributed by atoms with E-state index in [1.165, 1.54) is 0 Å². The third kappa shape index (κ3) is 2.83. The maximum Gasteiger partial charge on any atom is 0.509 e. The Balaban J connectivity index is 1.93. The summed E-state index contributed by atoms with van der Waals surface area (Å²) in [6, 6.07) is 16.0. The summed E-state index contributed by atoms with van der Waals surface area (Å²) >= 11 is 3.36. The average molecular weight is 347 g/mol. The minimum atomic E-state index is -0.964. The highest BCUT2D eigenvalue weighted by Crippen LogP contribution is 2.33. The maximum atomic E-state index is 12.5. The zero-order valence-corrected chi connectivity index (χ0v) is 12.4. The van der Waals surface area contributed by atoms with Crippen molar-refractivity contribution in [3.8, 4) is 0 Å². The first-order valence-electron chi connectivity index (χ1n) is 6.37. The Morgan fingerprint density at radius 1 is 1.00 bits per heavy atom. The Bertz CT molecular complexity index is 684. The van der Waals surface area contributed by atoms with Gasteiger partial charge in [0.15, 0.2) is 6.10 Å². The lowest BCUT2D eigenvalue weighted by Crippen LogP contribution is -2.26. The first kappa shape index (κ1) is 13.8. The van der Waals surface area contributed by atoms with Gasteiger partial charge in [0.1, 0.15) is 0 Å². The highest BCUT2D eigenvalue weighted by Gasteiger charge is 2.43. The molecule has 1 saturated heterocycles. The molecule has 5 heteroatoms. The zero-order chi connectivity index (χ0) is 14.8. The van der Waals surface area contributed by atoms with Crippen LogP contribution in [-0.2, 0) is 9.47 Å². The third-order valence-electron chi connectivity index (χ3n) is 3.22. The van der Waals surface area contributed by atoms with Crippen molar-refractivity contribution < 1.29 is 19.1 Å². The topological polar surface area (TPSA) is 52.6 Å². The number of halogens is 1. The van der Waals surface area contributed by atoms with Crippen LogP contribution in [0.1, 0.15) is 22.0 Å². The maximum absolute atomic E-state index is 12.5. The van der Waals surface area contributed by atoms with E-state index in [4.69, 9.17) is 9.47 Å². The normalized spacial score (nSPS) is 20.7. The molecule has 1 heterocycles. The Labute approximate surface area is 129 Å². The quantitative estimate of drug-likeness (QED) is 0.624.